The van der Waals surface area contributed by atoms with E-state index in [4.69, 9.17) is 0 Å². The predicted octanol–water partition coefficient (Wildman–Crippen LogP) is 42.7. The lowest BCUT2D eigenvalue weighted by Crippen LogP contribution is -2.21. The molecule has 0 aliphatic rings. The lowest BCUT2D eigenvalue weighted by atomic mass is 9.74. The Labute approximate surface area is 708 Å². The molecule has 0 heterocycles. The monoisotopic (exact) mass is 1550 g/mol. The fraction of sp³-hybridized carbons (Fsp3) is 1.00. The first-order valence-electron chi connectivity index (χ1n) is 52.3. The van der Waals surface area contributed by atoms with Gasteiger partial charge in [0.15, 0.2) is 0 Å². The zero-order valence-corrected chi connectivity index (χ0v) is 84.5. The molecule has 6 atom stereocenters. The van der Waals surface area contributed by atoms with Gasteiger partial charge < -0.3 is 0 Å². The van der Waals surface area contributed by atoms with Gasteiger partial charge in [0.1, 0.15) is 0 Å². The van der Waals surface area contributed by atoms with Gasteiger partial charge in [-0.25, -0.2) is 0 Å². The van der Waals surface area contributed by atoms with E-state index in [9.17, 15) is 0 Å². The average molecular weight is 1560 g/mol. The minimum absolute atomic E-state index is 0.545. The van der Waals surface area contributed by atoms with Crippen molar-refractivity contribution >= 4 is 0 Å². The molecule has 6 unspecified atom stereocenters. The van der Waals surface area contributed by atoms with E-state index in [2.05, 4.69) is 208 Å². The van der Waals surface area contributed by atoms with Crippen LogP contribution < -0.4 is 0 Å². The van der Waals surface area contributed by atoms with Crippen LogP contribution in [0.5, 0.6) is 0 Å². The Morgan fingerprint density at radius 2 is 0.255 bits per heavy atom. The van der Waals surface area contributed by atoms with E-state index in [0.29, 0.717) is 32.5 Å². The minimum Gasteiger partial charge on any atom is -0.0654 e. The lowest BCUT2D eigenvalue weighted by molar-refractivity contribution is 0.189. The van der Waals surface area contributed by atoms with Crippen LogP contribution in [0, 0.1) is 68.0 Å². The Bertz CT molecular complexity index is 1670. The SMILES string of the molecule is CCCCCCC(C)(C)C(C)CC.CCCCCCCC(C)(C)C(C)CCC.CCCCCCCCC(C)(C)C(C)CCCC.CCCCCCCCCC(C)(C)C(C)CCCCC.CCCCCCCCCCC(C)(C)C(C)CCCCCC.CCCCCCCCCCCCC(C)(C)C(C)CCCCCCCC. The molecule has 0 aromatic carbocycles. The number of hydrogen-bond acceptors (Lipinski definition) is 0. The zero-order valence-electron chi connectivity index (χ0n) is 84.5. The van der Waals surface area contributed by atoms with Crippen molar-refractivity contribution in [2.24, 2.45) is 68.0 Å². The maximum atomic E-state index is 2.52. The van der Waals surface area contributed by atoms with Crippen LogP contribution in [0.3, 0.4) is 0 Å². The summed E-state index contributed by atoms with van der Waals surface area (Å²) in [4.78, 5) is 0. The molecule has 0 radical (unpaired) electrons. The molecule has 0 fully saturated rings. The lowest BCUT2D eigenvalue weighted by Gasteiger charge is -2.32. The molecule has 0 amide bonds. The van der Waals surface area contributed by atoms with Gasteiger partial charge in [-0.2, -0.15) is 0 Å². The molecule has 672 valence electrons. The summed E-state index contributed by atoms with van der Waals surface area (Å²) < 4.78 is 0. The molecule has 0 aliphatic heterocycles. The fourth-order valence-corrected chi connectivity index (χ4v) is 16.6. The summed E-state index contributed by atoms with van der Waals surface area (Å²) in [5.41, 5.74) is 3.32. The van der Waals surface area contributed by atoms with Gasteiger partial charge in [0, 0.05) is 0 Å². The van der Waals surface area contributed by atoms with Crippen LogP contribution in [-0.4, -0.2) is 0 Å². The van der Waals surface area contributed by atoms with Gasteiger partial charge in [0.25, 0.3) is 0 Å². The highest BCUT2D eigenvalue weighted by Gasteiger charge is 2.29. The first kappa shape index (κ1) is 121. The van der Waals surface area contributed by atoms with Gasteiger partial charge in [-0.1, -0.05) is 606 Å². The number of hydrogen-bond donors (Lipinski definition) is 0. The summed E-state index contributed by atoms with van der Waals surface area (Å²) >= 11 is 0. The maximum Gasteiger partial charge on any atom is -0.0329 e. The van der Waals surface area contributed by atoms with Crippen molar-refractivity contribution in [1.29, 1.82) is 0 Å². The van der Waals surface area contributed by atoms with Crippen LogP contribution in [-0.2, 0) is 0 Å². The van der Waals surface area contributed by atoms with Gasteiger partial charge in [0.2, 0.25) is 0 Å². The van der Waals surface area contributed by atoms with Gasteiger partial charge in [-0.3, -0.25) is 0 Å². The van der Waals surface area contributed by atoms with Crippen LogP contribution in [0.4, 0.5) is 0 Å². The van der Waals surface area contributed by atoms with Gasteiger partial charge in [-0.15, -0.1) is 0 Å². The predicted molar refractivity (Wildman–Crippen MR) is 520 cm³/mol. The number of rotatable bonds is 74. The summed E-state index contributed by atoms with van der Waals surface area (Å²) in [6.07, 6.45) is 96.9. The van der Waals surface area contributed by atoms with E-state index in [1.807, 2.05) is 0 Å². The van der Waals surface area contributed by atoms with Crippen molar-refractivity contribution < 1.29 is 0 Å². The topological polar surface area (TPSA) is 0 Å². The van der Waals surface area contributed by atoms with E-state index in [1.165, 1.54) is 437 Å². The first-order valence-corrected chi connectivity index (χ1v) is 52.3. The van der Waals surface area contributed by atoms with Crippen molar-refractivity contribution in [1.82, 2.24) is 0 Å². The van der Waals surface area contributed by atoms with Gasteiger partial charge in [0.05, 0.1) is 0 Å². The summed E-state index contributed by atoms with van der Waals surface area (Å²) in [5.74, 6) is 5.30. The van der Waals surface area contributed by atoms with Crippen molar-refractivity contribution in [3.05, 3.63) is 0 Å². The molecular formula is C110H232. The Morgan fingerprint density at radius 3 is 0.445 bits per heavy atom. The molecule has 110 heavy (non-hydrogen) atoms. The van der Waals surface area contributed by atoms with Crippen LogP contribution in [0.1, 0.15) is 644 Å². The molecule has 0 heteroatoms. The average Bonchev–Trinajstić information content (AvgIpc) is 0.921. The Morgan fingerprint density at radius 1 is 0.127 bits per heavy atom. The molecule has 0 saturated heterocycles. The highest BCUT2D eigenvalue weighted by molar-refractivity contribution is 4.80. The van der Waals surface area contributed by atoms with Gasteiger partial charge >= 0.3 is 0 Å². The zero-order chi connectivity index (χ0) is 84.5. The minimum atomic E-state index is 0.545. The molecule has 0 nitrogen and oxygen atoms in total. The van der Waals surface area contributed by atoms with Crippen molar-refractivity contribution in [3.8, 4) is 0 Å². The molecule has 0 bridgehead atoms. The second kappa shape index (κ2) is 85.4. The molecule has 0 N–H and O–H groups in total. The van der Waals surface area contributed by atoms with Crippen LogP contribution >= 0.6 is 0 Å². The summed E-state index contributed by atoms with van der Waals surface area (Å²) in [7, 11) is 0. The highest BCUT2D eigenvalue weighted by atomic mass is 14.3. The first-order chi connectivity index (χ1) is 52.3. The van der Waals surface area contributed by atoms with Crippen LogP contribution in [0.15, 0.2) is 0 Å². The number of unbranched alkanes of at least 4 members (excludes halogenated alkanes) is 45. The van der Waals surface area contributed by atoms with E-state index in [0.717, 1.165) is 35.5 Å². The quantitative estimate of drug-likeness (QED) is 0.0533. The highest BCUT2D eigenvalue weighted by Crippen LogP contribution is 2.41. The van der Waals surface area contributed by atoms with Gasteiger partial charge in [-0.05, 0) is 107 Å². The molecule has 0 rings (SSSR count). The van der Waals surface area contributed by atoms with Crippen LogP contribution in [0.25, 0.3) is 0 Å². The Balaban J connectivity index is -0.000000298. The molecule has 0 aromatic heterocycles. The summed E-state index contributed by atoms with van der Waals surface area (Å²) in [6, 6.07) is 0. The molecule has 0 aromatic rings. The van der Waals surface area contributed by atoms with Crippen molar-refractivity contribution in [2.45, 2.75) is 644 Å². The molecule has 0 spiro atoms. The van der Waals surface area contributed by atoms with E-state index >= 15 is 0 Å². The molecule has 0 aliphatic carbocycles. The second-order valence-corrected chi connectivity index (χ2v) is 42.1. The third kappa shape index (κ3) is 83.1. The largest absolute Gasteiger partial charge is 0.0654 e. The fourth-order valence-electron chi connectivity index (χ4n) is 16.6. The van der Waals surface area contributed by atoms with Crippen molar-refractivity contribution in [3.63, 3.8) is 0 Å². The van der Waals surface area contributed by atoms with E-state index < -0.39 is 0 Å². The van der Waals surface area contributed by atoms with Crippen molar-refractivity contribution in [2.75, 3.05) is 0 Å². The summed E-state index contributed by atoms with van der Waals surface area (Å²) in [5, 5.41) is 0. The van der Waals surface area contributed by atoms with Crippen LogP contribution in [0.2, 0.25) is 0 Å². The maximum absolute atomic E-state index is 2.52. The standard InChI is InChI=1S/C25H52.C21H44.C19H40.C17H36.C15H32.C13H28/c1-6-8-10-12-14-15-16-17-19-21-23-25(4,5)24(3)22-20-18-13-11-9-7-2;1-6-8-10-12-13-14-15-17-19-21(4,5)20(3)18-16-11-9-7-2;1-6-8-10-11-12-13-15-17-19(4,5)18(3)16-14-9-7-2;1-6-8-10-11-12-13-15-17(4,5)16(3)14-9-7-2;1-6-8-9-10-11-13-15(4,5)14(3)12-7-2;1-6-8-9-10-11-13(4,5)12(3)7-2/h24H,6-23H2,1-5H3;20H,6-19H2,1-5H3;18H,6-17H2,1-5H3;16H,6-15H2,1-5H3;14H,6-13H2,1-5H3;12H,6-11H2,1-5H3. The van der Waals surface area contributed by atoms with E-state index in [-0.39, 0.29) is 0 Å². The Hall–Kier alpha value is 0. The smallest absolute Gasteiger partial charge is 0.0329 e. The molecule has 0 saturated carbocycles. The summed E-state index contributed by atoms with van der Waals surface area (Å²) in [6.45, 7) is 72.0. The third-order valence-electron chi connectivity index (χ3n) is 29.1. The molecular weight excluding hydrogens is 1320 g/mol. The Kier molecular flexibility index (Phi) is 93.8. The normalized spacial score (nSPS) is 13.8. The van der Waals surface area contributed by atoms with E-state index in [1.54, 1.807) is 0 Å². The second-order valence-electron chi connectivity index (χ2n) is 42.1. The third-order valence-corrected chi connectivity index (χ3v) is 29.1.